The molecule has 1 heterocycles. The second-order valence-electron chi connectivity index (χ2n) is 7.33. The largest absolute Gasteiger partial charge is 0.350 e. The van der Waals surface area contributed by atoms with Gasteiger partial charge in [0, 0.05) is 17.1 Å². The molecule has 8 heteroatoms. The van der Waals surface area contributed by atoms with Crippen molar-refractivity contribution in [1.29, 1.82) is 0 Å². The van der Waals surface area contributed by atoms with Gasteiger partial charge in [-0.15, -0.1) is 0 Å². The Morgan fingerprint density at radius 1 is 1.03 bits per heavy atom. The first-order valence-electron chi connectivity index (χ1n) is 9.67. The number of nitrogens with zero attached hydrogens (tertiary/aromatic N) is 3. The second-order valence-corrected chi connectivity index (χ2v) is 7.77. The fourth-order valence-corrected chi connectivity index (χ4v) is 3.05. The lowest BCUT2D eigenvalue weighted by atomic mass is 10.0. The zero-order valence-electron chi connectivity index (χ0n) is 16.9. The number of rotatable bonds is 8. The molecule has 0 radical (unpaired) electrons. The van der Waals surface area contributed by atoms with Gasteiger partial charge in [0.25, 0.3) is 5.91 Å². The SMILES string of the molecule is CC(C)[C@@H](NC(=O)c1ccc(Cl)cc1)C(=O)NCc1ccc(Cn2cncn2)cc1. The molecule has 1 atom stereocenters. The van der Waals surface area contributed by atoms with Crippen LogP contribution in [0.4, 0.5) is 0 Å². The van der Waals surface area contributed by atoms with E-state index in [0.717, 1.165) is 11.1 Å². The monoisotopic (exact) mass is 425 g/mol. The zero-order chi connectivity index (χ0) is 21.5. The Labute approximate surface area is 180 Å². The number of hydrogen-bond donors (Lipinski definition) is 2. The molecule has 7 nitrogen and oxygen atoms in total. The van der Waals surface area contributed by atoms with Crippen LogP contribution in [0.1, 0.15) is 35.3 Å². The van der Waals surface area contributed by atoms with Crippen molar-refractivity contribution in [2.45, 2.75) is 33.0 Å². The highest BCUT2D eigenvalue weighted by Gasteiger charge is 2.24. The molecule has 0 fully saturated rings. The molecule has 2 N–H and O–H groups in total. The average Bonchev–Trinajstić information content (AvgIpc) is 3.24. The van der Waals surface area contributed by atoms with Gasteiger partial charge in [-0.1, -0.05) is 49.7 Å². The summed E-state index contributed by atoms with van der Waals surface area (Å²) in [5, 5.41) is 10.4. The Kier molecular flexibility index (Phi) is 7.19. The van der Waals surface area contributed by atoms with Crippen molar-refractivity contribution in [2.24, 2.45) is 5.92 Å². The highest BCUT2D eigenvalue weighted by atomic mass is 35.5. The fraction of sp³-hybridized carbons (Fsp3) is 0.273. The molecule has 3 aromatic rings. The number of halogens is 1. The second kappa shape index (κ2) is 10.0. The molecular formula is C22H24ClN5O2. The zero-order valence-corrected chi connectivity index (χ0v) is 17.6. The van der Waals surface area contributed by atoms with Gasteiger partial charge in [0.1, 0.15) is 18.7 Å². The minimum Gasteiger partial charge on any atom is -0.350 e. The minimum atomic E-state index is -0.639. The lowest BCUT2D eigenvalue weighted by molar-refractivity contribution is -0.124. The average molecular weight is 426 g/mol. The molecule has 2 aromatic carbocycles. The molecule has 0 bridgehead atoms. The van der Waals surface area contributed by atoms with E-state index in [1.165, 1.54) is 6.33 Å². The van der Waals surface area contributed by atoms with Crippen LogP contribution < -0.4 is 10.6 Å². The van der Waals surface area contributed by atoms with E-state index < -0.39 is 6.04 Å². The first-order valence-corrected chi connectivity index (χ1v) is 10.0. The molecule has 0 saturated heterocycles. The molecule has 0 unspecified atom stereocenters. The molecule has 30 heavy (non-hydrogen) atoms. The smallest absolute Gasteiger partial charge is 0.251 e. The van der Waals surface area contributed by atoms with E-state index >= 15 is 0 Å². The van der Waals surface area contributed by atoms with Crippen LogP contribution in [0.25, 0.3) is 0 Å². The summed E-state index contributed by atoms with van der Waals surface area (Å²) < 4.78 is 1.74. The summed E-state index contributed by atoms with van der Waals surface area (Å²) in [6, 6.07) is 13.8. The molecule has 156 valence electrons. The van der Waals surface area contributed by atoms with Gasteiger partial charge < -0.3 is 10.6 Å². The van der Waals surface area contributed by atoms with Crippen LogP contribution in [0.2, 0.25) is 5.02 Å². The maximum Gasteiger partial charge on any atom is 0.251 e. The van der Waals surface area contributed by atoms with E-state index in [1.807, 2.05) is 38.1 Å². The predicted octanol–water partition coefficient (Wildman–Crippen LogP) is 3.05. The van der Waals surface area contributed by atoms with E-state index in [0.29, 0.717) is 23.7 Å². The number of benzene rings is 2. The van der Waals surface area contributed by atoms with Crippen molar-refractivity contribution in [3.05, 3.63) is 82.9 Å². The van der Waals surface area contributed by atoms with Crippen LogP contribution in [0.3, 0.4) is 0 Å². The fourth-order valence-electron chi connectivity index (χ4n) is 2.92. The summed E-state index contributed by atoms with van der Waals surface area (Å²) >= 11 is 5.86. The Morgan fingerprint density at radius 3 is 2.30 bits per heavy atom. The Morgan fingerprint density at radius 2 is 1.70 bits per heavy atom. The van der Waals surface area contributed by atoms with E-state index in [4.69, 9.17) is 11.6 Å². The van der Waals surface area contributed by atoms with Gasteiger partial charge in [-0.25, -0.2) is 9.67 Å². The molecule has 0 aliphatic heterocycles. The standard InChI is InChI=1S/C22H24ClN5O2/c1-15(2)20(27-21(29)18-7-9-19(23)10-8-18)22(30)25-11-16-3-5-17(6-4-16)12-28-14-24-13-26-28/h3-10,13-15,20H,11-12H2,1-2H3,(H,25,30)(H,27,29)/t20-/m1/s1. The van der Waals surface area contributed by atoms with Crippen molar-refractivity contribution in [3.8, 4) is 0 Å². The van der Waals surface area contributed by atoms with Gasteiger partial charge in [0.15, 0.2) is 0 Å². The lowest BCUT2D eigenvalue weighted by Crippen LogP contribution is -2.49. The molecular weight excluding hydrogens is 402 g/mol. The van der Waals surface area contributed by atoms with E-state index in [-0.39, 0.29) is 17.7 Å². The number of carbonyl (C=O) groups is 2. The number of aromatic nitrogens is 3. The lowest BCUT2D eigenvalue weighted by Gasteiger charge is -2.22. The third-order valence-electron chi connectivity index (χ3n) is 4.64. The Bertz CT molecular complexity index is 970. The molecule has 0 aliphatic rings. The summed E-state index contributed by atoms with van der Waals surface area (Å²) in [5.74, 6) is -0.594. The van der Waals surface area contributed by atoms with Crippen molar-refractivity contribution in [3.63, 3.8) is 0 Å². The molecule has 0 saturated carbocycles. The van der Waals surface area contributed by atoms with Gasteiger partial charge in [0.05, 0.1) is 6.54 Å². The van der Waals surface area contributed by atoms with Crippen LogP contribution in [0, 0.1) is 5.92 Å². The quantitative estimate of drug-likeness (QED) is 0.580. The van der Waals surface area contributed by atoms with Crippen LogP contribution in [-0.4, -0.2) is 32.6 Å². The van der Waals surface area contributed by atoms with Crippen molar-refractivity contribution in [2.75, 3.05) is 0 Å². The van der Waals surface area contributed by atoms with E-state index in [9.17, 15) is 9.59 Å². The maximum absolute atomic E-state index is 12.7. The summed E-state index contributed by atoms with van der Waals surface area (Å²) in [7, 11) is 0. The van der Waals surface area contributed by atoms with Crippen LogP contribution in [0.5, 0.6) is 0 Å². The van der Waals surface area contributed by atoms with Gasteiger partial charge >= 0.3 is 0 Å². The molecule has 1 aromatic heterocycles. The third-order valence-corrected chi connectivity index (χ3v) is 4.89. The van der Waals surface area contributed by atoms with E-state index in [1.54, 1.807) is 35.3 Å². The first kappa shape index (κ1) is 21.5. The van der Waals surface area contributed by atoms with Crippen molar-refractivity contribution >= 4 is 23.4 Å². The summed E-state index contributed by atoms with van der Waals surface area (Å²) in [4.78, 5) is 29.1. The molecule has 0 aliphatic carbocycles. The summed E-state index contributed by atoms with van der Waals surface area (Å²) in [5.41, 5.74) is 2.52. The van der Waals surface area contributed by atoms with Crippen molar-refractivity contribution < 1.29 is 9.59 Å². The van der Waals surface area contributed by atoms with Gasteiger partial charge in [-0.2, -0.15) is 5.10 Å². The Hall–Kier alpha value is -3.19. The first-order chi connectivity index (χ1) is 14.4. The van der Waals surface area contributed by atoms with Crippen molar-refractivity contribution in [1.82, 2.24) is 25.4 Å². The summed E-state index contributed by atoms with van der Waals surface area (Å²) in [6.45, 7) is 4.80. The normalized spacial score (nSPS) is 11.9. The predicted molar refractivity (Wildman–Crippen MR) is 115 cm³/mol. The number of nitrogens with one attached hydrogen (secondary N) is 2. The topological polar surface area (TPSA) is 88.9 Å². The molecule has 2 amide bonds. The number of amides is 2. The van der Waals surface area contributed by atoms with Crippen LogP contribution >= 0.6 is 11.6 Å². The maximum atomic E-state index is 12.7. The van der Waals surface area contributed by atoms with Gasteiger partial charge in [-0.05, 0) is 41.3 Å². The third kappa shape index (κ3) is 5.90. The number of carbonyl (C=O) groups excluding carboxylic acids is 2. The van der Waals surface area contributed by atoms with Gasteiger partial charge in [-0.3, -0.25) is 9.59 Å². The molecule has 0 spiro atoms. The highest BCUT2D eigenvalue weighted by molar-refractivity contribution is 6.30. The highest BCUT2D eigenvalue weighted by Crippen LogP contribution is 2.11. The minimum absolute atomic E-state index is 0.0636. The number of hydrogen-bond acceptors (Lipinski definition) is 4. The van der Waals surface area contributed by atoms with Crippen LogP contribution in [-0.2, 0) is 17.9 Å². The van der Waals surface area contributed by atoms with Crippen LogP contribution in [0.15, 0.2) is 61.2 Å². The molecule has 3 rings (SSSR count). The summed E-state index contributed by atoms with van der Waals surface area (Å²) in [6.07, 6.45) is 3.17. The Balaban J connectivity index is 1.55. The van der Waals surface area contributed by atoms with Gasteiger partial charge in [0.2, 0.25) is 5.91 Å². The van der Waals surface area contributed by atoms with E-state index in [2.05, 4.69) is 20.7 Å².